The number of hydrogen-bond acceptors (Lipinski definition) is 3. The zero-order valence-corrected chi connectivity index (χ0v) is 12.8. The van der Waals surface area contributed by atoms with Crippen molar-refractivity contribution in [1.82, 2.24) is 4.90 Å². The molecule has 2 aromatic carbocycles. The molecule has 0 unspecified atom stereocenters. The molecule has 21 heavy (non-hydrogen) atoms. The Balaban J connectivity index is 2.21. The molecule has 0 aliphatic heterocycles. The fourth-order valence-electron chi connectivity index (χ4n) is 1.98. The predicted octanol–water partition coefficient (Wildman–Crippen LogP) is 3.55. The molecule has 0 aromatic heterocycles. The number of hydrogen-bond donors (Lipinski definition) is 2. The van der Waals surface area contributed by atoms with E-state index in [2.05, 4.69) is 0 Å². The molecule has 0 radical (unpaired) electrons. The number of carbonyl (C=O) groups is 1. The molecule has 110 valence electrons. The Morgan fingerprint density at radius 1 is 1.19 bits per heavy atom. The van der Waals surface area contributed by atoms with E-state index in [0.29, 0.717) is 22.3 Å². The number of nitrogens with two attached hydrogens (primary N) is 1. The molecular formula is C15H14Cl2N2O2. The van der Waals surface area contributed by atoms with Crippen molar-refractivity contribution in [1.29, 1.82) is 0 Å². The average molecular weight is 325 g/mol. The molecule has 1 amide bonds. The lowest BCUT2D eigenvalue weighted by atomic mass is 10.1. The van der Waals surface area contributed by atoms with Gasteiger partial charge in [-0.2, -0.15) is 0 Å². The molecule has 0 bridgehead atoms. The van der Waals surface area contributed by atoms with Gasteiger partial charge in [-0.15, -0.1) is 0 Å². The van der Waals surface area contributed by atoms with Gasteiger partial charge in [-0.05, 0) is 42.0 Å². The number of phenolic OH excluding ortho intramolecular Hbond substituents is 1. The maximum atomic E-state index is 12.4. The number of halogens is 2. The summed E-state index contributed by atoms with van der Waals surface area (Å²) in [5, 5.41) is 10.5. The number of aromatic hydroxyl groups is 1. The Hall–Kier alpha value is -1.91. The molecule has 6 heteroatoms. The second-order valence-electron chi connectivity index (χ2n) is 4.71. The maximum absolute atomic E-state index is 12.4. The van der Waals surface area contributed by atoms with Gasteiger partial charge in [-0.1, -0.05) is 23.2 Å². The number of amides is 1. The minimum absolute atomic E-state index is 0.00764. The van der Waals surface area contributed by atoms with Crippen molar-refractivity contribution in [3.63, 3.8) is 0 Å². The lowest BCUT2D eigenvalue weighted by molar-refractivity contribution is 0.0785. The second-order valence-corrected chi connectivity index (χ2v) is 5.58. The summed E-state index contributed by atoms with van der Waals surface area (Å²) in [7, 11) is 1.64. The topological polar surface area (TPSA) is 66.6 Å². The van der Waals surface area contributed by atoms with Crippen LogP contribution in [-0.2, 0) is 6.54 Å². The Morgan fingerprint density at radius 2 is 1.81 bits per heavy atom. The van der Waals surface area contributed by atoms with E-state index in [-0.39, 0.29) is 17.2 Å². The summed E-state index contributed by atoms with van der Waals surface area (Å²) in [6.45, 7) is 0.328. The third-order valence-electron chi connectivity index (χ3n) is 2.96. The highest BCUT2D eigenvalue weighted by atomic mass is 35.5. The maximum Gasteiger partial charge on any atom is 0.256 e. The van der Waals surface area contributed by atoms with Gasteiger partial charge in [0.15, 0.2) is 0 Å². The van der Waals surface area contributed by atoms with Crippen LogP contribution in [0.25, 0.3) is 0 Å². The molecule has 0 fully saturated rings. The van der Waals surface area contributed by atoms with Gasteiger partial charge in [0.2, 0.25) is 0 Å². The first-order chi connectivity index (χ1) is 9.86. The van der Waals surface area contributed by atoms with E-state index in [9.17, 15) is 9.90 Å². The van der Waals surface area contributed by atoms with Gasteiger partial charge in [0.05, 0.1) is 5.56 Å². The largest absolute Gasteiger partial charge is 0.508 e. The second kappa shape index (κ2) is 6.24. The van der Waals surface area contributed by atoms with Crippen LogP contribution >= 0.6 is 23.2 Å². The summed E-state index contributed by atoms with van der Waals surface area (Å²) in [5.41, 5.74) is 7.15. The van der Waals surface area contributed by atoms with Crippen LogP contribution in [0.15, 0.2) is 36.4 Å². The van der Waals surface area contributed by atoms with Crippen molar-refractivity contribution < 1.29 is 9.90 Å². The first-order valence-electron chi connectivity index (χ1n) is 6.16. The van der Waals surface area contributed by atoms with E-state index in [1.165, 1.54) is 23.1 Å². The third kappa shape index (κ3) is 3.80. The molecule has 0 heterocycles. The van der Waals surface area contributed by atoms with Crippen LogP contribution in [-0.4, -0.2) is 23.0 Å². The molecule has 0 aliphatic carbocycles. The zero-order valence-electron chi connectivity index (χ0n) is 11.3. The van der Waals surface area contributed by atoms with Crippen LogP contribution in [0.5, 0.6) is 5.75 Å². The molecule has 0 aliphatic rings. The fraction of sp³-hybridized carbons (Fsp3) is 0.133. The molecule has 4 nitrogen and oxygen atoms in total. The Bertz CT molecular complexity index is 669. The van der Waals surface area contributed by atoms with Crippen molar-refractivity contribution >= 4 is 34.8 Å². The van der Waals surface area contributed by atoms with E-state index in [1.54, 1.807) is 25.2 Å². The van der Waals surface area contributed by atoms with Crippen molar-refractivity contribution in [2.24, 2.45) is 0 Å². The first-order valence-corrected chi connectivity index (χ1v) is 6.91. The first kappa shape index (κ1) is 15.5. The van der Waals surface area contributed by atoms with Crippen LogP contribution in [0.4, 0.5) is 5.69 Å². The van der Waals surface area contributed by atoms with E-state index in [4.69, 9.17) is 28.9 Å². The van der Waals surface area contributed by atoms with E-state index in [1.807, 2.05) is 0 Å². The molecule has 0 saturated carbocycles. The number of carbonyl (C=O) groups excluding carboxylic acids is 1. The molecule has 0 saturated heterocycles. The van der Waals surface area contributed by atoms with Crippen LogP contribution in [0.1, 0.15) is 15.9 Å². The standard InChI is InChI=1S/C15H14Cl2N2O2/c1-19(8-9-4-10(16)6-11(17)5-9)15(21)13-7-12(20)2-3-14(13)18/h2-7,20H,8,18H2,1H3. The molecule has 2 rings (SSSR count). The summed E-state index contributed by atoms with van der Waals surface area (Å²) in [4.78, 5) is 13.8. The highest BCUT2D eigenvalue weighted by Gasteiger charge is 2.16. The van der Waals surface area contributed by atoms with Crippen molar-refractivity contribution in [3.8, 4) is 5.75 Å². The van der Waals surface area contributed by atoms with Crippen LogP contribution in [0.2, 0.25) is 10.0 Å². The minimum atomic E-state index is -0.292. The molecule has 3 N–H and O–H groups in total. The Kier molecular flexibility index (Phi) is 4.60. The summed E-state index contributed by atoms with van der Waals surface area (Å²) in [5.74, 6) is -0.300. The van der Waals surface area contributed by atoms with Crippen molar-refractivity contribution in [2.75, 3.05) is 12.8 Å². The van der Waals surface area contributed by atoms with Crippen molar-refractivity contribution in [2.45, 2.75) is 6.54 Å². The van der Waals surface area contributed by atoms with Gasteiger partial charge in [-0.3, -0.25) is 4.79 Å². The highest BCUT2D eigenvalue weighted by molar-refractivity contribution is 6.34. The third-order valence-corrected chi connectivity index (χ3v) is 3.39. The number of anilines is 1. The zero-order chi connectivity index (χ0) is 15.6. The van der Waals surface area contributed by atoms with Gasteiger partial charge in [0.1, 0.15) is 5.75 Å². The van der Waals surface area contributed by atoms with E-state index >= 15 is 0 Å². The van der Waals surface area contributed by atoms with Gasteiger partial charge in [-0.25, -0.2) is 0 Å². The van der Waals surface area contributed by atoms with Gasteiger partial charge >= 0.3 is 0 Å². The quantitative estimate of drug-likeness (QED) is 0.670. The molecule has 0 atom stereocenters. The number of nitrogen functional groups attached to an aromatic ring is 1. The predicted molar refractivity (Wildman–Crippen MR) is 84.8 cm³/mol. The SMILES string of the molecule is CN(Cc1cc(Cl)cc(Cl)c1)C(=O)c1cc(O)ccc1N. The number of nitrogens with zero attached hydrogens (tertiary/aromatic N) is 1. The Labute approximate surface area is 132 Å². The van der Waals surface area contributed by atoms with Gasteiger partial charge in [0.25, 0.3) is 5.91 Å². The number of phenols is 1. The van der Waals surface area contributed by atoms with E-state index < -0.39 is 0 Å². The average Bonchev–Trinajstić information content (AvgIpc) is 2.39. The van der Waals surface area contributed by atoms with Crippen molar-refractivity contribution in [3.05, 3.63) is 57.6 Å². The summed E-state index contributed by atoms with van der Waals surface area (Å²) < 4.78 is 0. The molecular weight excluding hydrogens is 311 g/mol. The lowest BCUT2D eigenvalue weighted by Gasteiger charge is -2.18. The summed E-state index contributed by atoms with van der Waals surface area (Å²) in [6, 6.07) is 9.38. The number of rotatable bonds is 3. The highest BCUT2D eigenvalue weighted by Crippen LogP contribution is 2.23. The Morgan fingerprint density at radius 3 is 2.43 bits per heavy atom. The van der Waals surface area contributed by atoms with Crippen LogP contribution in [0, 0.1) is 0 Å². The van der Waals surface area contributed by atoms with Gasteiger partial charge in [0, 0.05) is 29.3 Å². The monoisotopic (exact) mass is 324 g/mol. The number of benzene rings is 2. The normalized spacial score (nSPS) is 10.4. The summed E-state index contributed by atoms with van der Waals surface area (Å²) >= 11 is 11.9. The molecule has 2 aromatic rings. The van der Waals surface area contributed by atoms with E-state index in [0.717, 1.165) is 5.56 Å². The van der Waals surface area contributed by atoms with Crippen LogP contribution < -0.4 is 5.73 Å². The summed E-state index contributed by atoms with van der Waals surface area (Å²) in [6.07, 6.45) is 0. The lowest BCUT2D eigenvalue weighted by Crippen LogP contribution is -2.27. The van der Waals surface area contributed by atoms with Gasteiger partial charge < -0.3 is 15.7 Å². The molecule has 0 spiro atoms. The van der Waals surface area contributed by atoms with Crippen LogP contribution in [0.3, 0.4) is 0 Å². The minimum Gasteiger partial charge on any atom is -0.508 e. The smallest absolute Gasteiger partial charge is 0.256 e. The fourth-order valence-corrected chi connectivity index (χ4v) is 2.55.